The van der Waals surface area contributed by atoms with Crippen LogP contribution in [-0.2, 0) is 4.79 Å². The second kappa shape index (κ2) is 8.83. The van der Waals surface area contributed by atoms with E-state index in [-0.39, 0.29) is 5.91 Å². The third-order valence-corrected chi connectivity index (χ3v) is 4.31. The van der Waals surface area contributed by atoms with Crippen LogP contribution < -0.4 is 10.6 Å². The molecule has 0 aliphatic heterocycles. The number of anilines is 3. The summed E-state index contributed by atoms with van der Waals surface area (Å²) in [5.74, 6) is 0.818. The van der Waals surface area contributed by atoms with E-state index < -0.39 is 0 Å². The van der Waals surface area contributed by atoms with Gasteiger partial charge in [0.25, 0.3) is 0 Å². The summed E-state index contributed by atoms with van der Waals surface area (Å²) in [6.45, 7) is 1.97. The summed E-state index contributed by atoms with van der Waals surface area (Å²) < 4.78 is 5.18. The highest BCUT2D eigenvalue weighted by Gasteiger charge is 2.07. The van der Waals surface area contributed by atoms with E-state index in [9.17, 15) is 4.79 Å². The summed E-state index contributed by atoms with van der Waals surface area (Å²) in [6.07, 6.45) is 9.76. The van der Waals surface area contributed by atoms with Crippen molar-refractivity contribution in [1.29, 1.82) is 0 Å². The number of aromatic nitrogens is 3. The average molecular weight is 397 g/mol. The van der Waals surface area contributed by atoms with E-state index in [4.69, 9.17) is 4.42 Å². The number of nitrogens with zero attached hydrogens (tertiary/aromatic N) is 3. The molecule has 4 rings (SSSR count). The van der Waals surface area contributed by atoms with Gasteiger partial charge in [-0.1, -0.05) is 6.07 Å². The summed E-state index contributed by atoms with van der Waals surface area (Å²) in [5, 5.41) is 6.06. The summed E-state index contributed by atoms with van der Waals surface area (Å²) >= 11 is 0. The molecule has 7 heteroatoms. The molecule has 0 aliphatic rings. The molecule has 148 valence electrons. The van der Waals surface area contributed by atoms with Crippen molar-refractivity contribution >= 4 is 29.3 Å². The maximum Gasteiger partial charge on any atom is 0.248 e. The molecule has 1 amide bonds. The van der Waals surface area contributed by atoms with Crippen molar-refractivity contribution in [2.45, 2.75) is 6.92 Å². The maximum absolute atomic E-state index is 12.2. The van der Waals surface area contributed by atoms with E-state index in [0.717, 1.165) is 22.5 Å². The highest BCUT2D eigenvalue weighted by Crippen LogP contribution is 2.24. The van der Waals surface area contributed by atoms with Crippen LogP contribution in [0.15, 0.2) is 83.9 Å². The quantitative estimate of drug-likeness (QED) is 0.453. The van der Waals surface area contributed by atoms with E-state index in [2.05, 4.69) is 25.6 Å². The Morgan fingerprint density at radius 3 is 2.83 bits per heavy atom. The topological polar surface area (TPSA) is 92.9 Å². The van der Waals surface area contributed by atoms with Crippen molar-refractivity contribution in [1.82, 2.24) is 15.0 Å². The predicted molar refractivity (Wildman–Crippen MR) is 116 cm³/mol. The zero-order valence-corrected chi connectivity index (χ0v) is 16.2. The molecule has 1 aromatic carbocycles. The third kappa shape index (κ3) is 4.77. The number of aryl methyl sites for hydroxylation is 1. The lowest BCUT2D eigenvalue weighted by atomic mass is 10.1. The number of carbonyl (C=O) groups is 1. The molecule has 7 nitrogen and oxygen atoms in total. The molecule has 0 atom stereocenters. The van der Waals surface area contributed by atoms with Crippen LogP contribution in [0.4, 0.5) is 17.3 Å². The second-order valence-electron chi connectivity index (χ2n) is 6.50. The van der Waals surface area contributed by atoms with Crippen LogP contribution in [0, 0.1) is 6.92 Å². The first-order valence-corrected chi connectivity index (χ1v) is 9.31. The van der Waals surface area contributed by atoms with Crippen LogP contribution in [0.5, 0.6) is 0 Å². The van der Waals surface area contributed by atoms with Gasteiger partial charge in [-0.25, -0.2) is 9.97 Å². The standard InChI is InChI=1S/C23H19N5O2/c1-16-6-7-18(26-22(29)9-8-19-5-3-13-30-19)14-21(16)28-23-25-12-10-20(27-23)17-4-2-11-24-15-17/h2-15H,1H3,(H,26,29)(H,25,27,28)/b9-8+. The fourth-order valence-electron chi connectivity index (χ4n) is 2.78. The van der Waals surface area contributed by atoms with Crippen LogP contribution in [-0.4, -0.2) is 20.9 Å². The molecule has 0 saturated heterocycles. The Morgan fingerprint density at radius 2 is 2.03 bits per heavy atom. The molecular formula is C23H19N5O2. The number of nitrogens with one attached hydrogen (secondary N) is 2. The molecule has 0 bridgehead atoms. The highest BCUT2D eigenvalue weighted by atomic mass is 16.3. The Kier molecular flexibility index (Phi) is 5.61. The van der Waals surface area contributed by atoms with Gasteiger partial charge in [0.1, 0.15) is 5.76 Å². The monoisotopic (exact) mass is 397 g/mol. The molecule has 0 radical (unpaired) electrons. The lowest BCUT2D eigenvalue weighted by Crippen LogP contribution is -2.08. The number of hydrogen-bond acceptors (Lipinski definition) is 6. The van der Waals surface area contributed by atoms with E-state index >= 15 is 0 Å². The third-order valence-electron chi connectivity index (χ3n) is 4.31. The van der Waals surface area contributed by atoms with Gasteiger partial charge in [-0.15, -0.1) is 0 Å². The Balaban J connectivity index is 1.49. The smallest absolute Gasteiger partial charge is 0.248 e. The number of hydrogen-bond donors (Lipinski definition) is 2. The van der Waals surface area contributed by atoms with Crippen LogP contribution >= 0.6 is 0 Å². The SMILES string of the molecule is Cc1ccc(NC(=O)/C=C/c2ccco2)cc1Nc1nccc(-c2cccnc2)n1. The van der Waals surface area contributed by atoms with Crippen LogP contribution in [0.2, 0.25) is 0 Å². The maximum atomic E-state index is 12.2. The van der Waals surface area contributed by atoms with Gasteiger partial charge in [0.2, 0.25) is 11.9 Å². The minimum Gasteiger partial charge on any atom is -0.465 e. The summed E-state index contributed by atoms with van der Waals surface area (Å²) in [5.41, 5.74) is 4.12. The van der Waals surface area contributed by atoms with Gasteiger partial charge in [-0.05, 0) is 61.0 Å². The largest absolute Gasteiger partial charge is 0.465 e. The number of carbonyl (C=O) groups excluding carboxylic acids is 1. The highest BCUT2D eigenvalue weighted by molar-refractivity contribution is 6.02. The molecule has 0 spiro atoms. The van der Waals surface area contributed by atoms with E-state index in [1.54, 1.807) is 43.1 Å². The number of benzene rings is 1. The fraction of sp³-hybridized carbons (Fsp3) is 0.0435. The van der Waals surface area contributed by atoms with Gasteiger partial charge in [0.15, 0.2) is 0 Å². The van der Waals surface area contributed by atoms with Crippen molar-refractivity contribution in [2.75, 3.05) is 10.6 Å². The fourth-order valence-corrected chi connectivity index (χ4v) is 2.78. The first kappa shape index (κ1) is 19.1. The Labute approximate surface area is 173 Å². The summed E-state index contributed by atoms with van der Waals surface area (Å²) in [4.78, 5) is 25.2. The number of pyridine rings is 1. The normalized spacial score (nSPS) is 10.8. The first-order chi connectivity index (χ1) is 14.7. The van der Waals surface area contributed by atoms with Crippen molar-refractivity contribution in [3.63, 3.8) is 0 Å². The van der Waals surface area contributed by atoms with E-state index in [1.165, 1.54) is 6.08 Å². The average Bonchev–Trinajstić information content (AvgIpc) is 3.29. The molecule has 0 saturated carbocycles. The minimum absolute atomic E-state index is 0.254. The van der Waals surface area contributed by atoms with Gasteiger partial charge in [-0.2, -0.15) is 0 Å². The molecular weight excluding hydrogens is 378 g/mol. The molecule has 0 fully saturated rings. The molecule has 4 aromatic rings. The molecule has 2 N–H and O–H groups in total. The van der Waals surface area contributed by atoms with Gasteiger partial charge < -0.3 is 15.1 Å². The Hall–Kier alpha value is -4.26. The van der Waals surface area contributed by atoms with E-state index in [1.807, 2.05) is 43.3 Å². The van der Waals surface area contributed by atoms with Gasteiger partial charge in [0.05, 0.1) is 12.0 Å². The second-order valence-corrected chi connectivity index (χ2v) is 6.50. The first-order valence-electron chi connectivity index (χ1n) is 9.31. The molecule has 0 unspecified atom stereocenters. The van der Waals surface area contributed by atoms with Gasteiger partial charge >= 0.3 is 0 Å². The van der Waals surface area contributed by atoms with Crippen LogP contribution in [0.25, 0.3) is 17.3 Å². The van der Waals surface area contributed by atoms with Crippen LogP contribution in [0.1, 0.15) is 11.3 Å². The number of rotatable bonds is 6. The van der Waals surface area contributed by atoms with Gasteiger partial charge in [0, 0.05) is 41.6 Å². The lowest BCUT2D eigenvalue weighted by Gasteiger charge is -2.11. The molecule has 30 heavy (non-hydrogen) atoms. The van der Waals surface area contributed by atoms with E-state index in [0.29, 0.717) is 17.4 Å². The van der Waals surface area contributed by atoms with Crippen molar-refractivity contribution in [3.05, 3.63) is 90.8 Å². The number of amides is 1. The van der Waals surface area contributed by atoms with Crippen LogP contribution in [0.3, 0.4) is 0 Å². The Morgan fingerprint density at radius 1 is 1.10 bits per heavy atom. The minimum atomic E-state index is -0.254. The Bertz CT molecular complexity index is 1170. The van der Waals surface area contributed by atoms with Crippen molar-refractivity contribution in [2.24, 2.45) is 0 Å². The number of furan rings is 1. The zero-order valence-electron chi connectivity index (χ0n) is 16.2. The van der Waals surface area contributed by atoms with Crippen molar-refractivity contribution in [3.8, 4) is 11.3 Å². The predicted octanol–water partition coefficient (Wildman–Crippen LogP) is 4.84. The molecule has 0 aliphatic carbocycles. The summed E-state index contributed by atoms with van der Waals surface area (Å²) in [6, 6.07) is 14.8. The lowest BCUT2D eigenvalue weighted by molar-refractivity contribution is -0.111. The molecule has 3 heterocycles. The van der Waals surface area contributed by atoms with Gasteiger partial charge in [-0.3, -0.25) is 9.78 Å². The molecule has 3 aromatic heterocycles. The summed E-state index contributed by atoms with van der Waals surface area (Å²) in [7, 11) is 0. The zero-order chi connectivity index (χ0) is 20.8. The van der Waals surface area contributed by atoms with Crippen molar-refractivity contribution < 1.29 is 9.21 Å².